The quantitative estimate of drug-likeness (QED) is 0.418. The van der Waals surface area contributed by atoms with Crippen LogP contribution in [-0.4, -0.2) is 55.5 Å². The third-order valence-electron chi connectivity index (χ3n) is 6.08. The highest BCUT2D eigenvalue weighted by Crippen LogP contribution is 2.24. The monoisotopic (exact) mass is 500 g/mol. The summed E-state index contributed by atoms with van der Waals surface area (Å²) in [7, 11) is 1.63. The van der Waals surface area contributed by atoms with Gasteiger partial charge in [-0.2, -0.15) is 0 Å². The SMILES string of the molecule is COc1cccc(CO[C@H](CN2CCN(C(=O)c3ccc(F)c(F)c3)CC2)c2ccc(Cl)cc2)c1. The van der Waals surface area contributed by atoms with Crippen molar-refractivity contribution in [3.8, 4) is 5.75 Å². The van der Waals surface area contributed by atoms with E-state index in [0.29, 0.717) is 44.4 Å². The Morgan fingerprint density at radius 3 is 2.40 bits per heavy atom. The standard InChI is InChI=1S/C27H27ClF2N2O3/c1-34-23-4-2-3-19(15-23)18-35-26(20-5-8-22(28)9-6-20)17-31-11-13-32(14-12-31)27(33)21-7-10-24(29)25(30)16-21/h2-10,15-16,26H,11-14,17-18H2,1H3/t26-/m1/s1. The molecule has 1 heterocycles. The zero-order valence-corrected chi connectivity index (χ0v) is 20.2. The van der Waals surface area contributed by atoms with Gasteiger partial charge in [-0.25, -0.2) is 8.78 Å². The molecule has 3 aromatic rings. The van der Waals surface area contributed by atoms with Crippen LogP contribution < -0.4 is 4.74 Å². The van der Waals surface area contributed by atoms with Crippen LogP contribution in [0.15, 0.2) is 66.7 Å². The van der Waals surface area contributed by atoms with E-state index in [1.54, 1.807) is 12.0 Å². The first-order valence-electron chi connectivity index (χ1n) is 11.4. The number of hydrogen-bond donors (Lipinski definition) is 0. The fraction of sp³-hybridized carbons (Fsp3) is 0.296. The maximum atomic E-state index is 13.6. The second kappa shape index (κ2) is 11.6. The fourth-order valence-corrected chi connectivity index (χ4v) is 4.20. The Kier molecular flexibility index (Phi) is 8.33. The molecule has 8 heteroatoms. The van der Waals surface area contributed by atoms with Gasteiger partial charge in [-0.15, -0.1) is 0 Å². The van der Waals surface area contributed by atoms with Crippen LogP contribution in [0.4, 0.5) is 8.78 Å². The first-order valence-corrected chi connectivity index (χ1v) is 11.8. The summed E-state index contributed by atoms with van der Waals surface area (Å²) in [5.41, 5.74) is 2.17. The summed E-state index contributed by atoms with van der Waals surface area (Å²) >= 11 is 6.08. The zero-order chi connectivity index (χ0) is 24.8. The molecule has 0 unspecified atom stereocenters. The van der Waals surface area contributed by atoms with Gasteiger partial charge in [0.2, 0.25) is 0 Å². The van der Waals surface area contributed by atoms with Crippen molar-refractivity contribution >= 4 is 17.5 Å². The lowest BCUT2D eigenvalue weighted by molar-refractivity contribution is 0.00337. The lowest BCUT2D eigenvalue weighted by Crippen LogP contribution is -2.49. The number of halogens is 3. The van der Waals surface area contributed by atoms with Gasteiger partial charge in [0.05, 0.1) is 19.8 Å². The molecule has 0 spiro atoms. The fourth-order valence-electron chi connectivity index (χ4n) is 4.07. The number of nitrogens with zero attached hydrogens (tertiary/aromatic N) is 2. The van der Waals surface area contributed by atoms with Crippen molar-refractivity contribution in [2.75, 3.05) is 39.8 Å². The van der Waals surface area contributed by atoms with Crippen LogP contribution in [0.3, 0.4) is 0 Å². The number of carbonyl (C=O) groups excluding carboxylic acids is 1. The molecule has 1 fully saturated rings. The average molecular weight is 501 g/mol. The van der Waals surface area contributed by atoms with Gasteiger partial charge in [-0.05, 0) is 53.6 Å². The van der Waals surface area contributed by atoms with Crippen LogP contribution in [0.5, 0.6) is 5.75 Å². The van der Waals surface area contributed by atoms with Gasteiger partial charge >= 0.3 is 0 Å². The highest BCUT2D eigenvalue weighted by atomic mass is 35.5. The van der Waals surface area contributed by atoms with E-state index in [-0.39, 0.29) is 17.6 Å². The Hall–Kier alpha value is -3.00. The molecule has 0 aromatic heterocycles. The third-order valence-corrected chi connectivity index (χ3v) is 6.33. The van der Waals surface area contributed by atoms with Crippen LogP contribution in [0, 0.1) is 11.6 Å². The lowest BCUT2D eigenvalue weighted by atomic mass is 10.1. The molecular weight excluding hydrogens is 474 g/mol. The summed E-state index contributed by atoms with van der Waals surface area (Å²) in [6.07, 6.45) is -0.202. The minimum Gasteiger partial charge on any atom is -0.497 e. The van der Waals surface area contributed by atoms with Crippen LogP contribution in [-0.2, 0) is 11.3 Å². The Morgan fingerprint density at radius 2 is 1.71 bits per heavy atom. The second-order valence-electron chi connectivity index (χ2n) is 8.42. The highest BCUT2D eigenvalue weighted by molar-refractivity contribution is 6.30. The maximum absolute atomic E-state index is 13.6. The molecule has 4 rings (SSSR count). The summed E-state index contributed by atoms with van der Waals surface area (Å²) in [5, 5.41) is 0.657. The van der Waals surface area contributed by atoms with Crippen molar-refractivity contribution in [1.82, 2.24) is 9.80 Å². The van der Waals surface area contributed by atoms with E-state index >= 15 is 0 Å². The first-order chi connectivity index (χ1) is 16.9. The van der Waals surface area contributed by atoms with Crippen molar-refractivity contribution in [2.45, 2.75) is 12.7 Å². The minimum atomic E-state index is -1.02. The number of amides is 1. The van der Waals surface area contributed by atoms with Gasteiger partial charge in [0.15, 0.2) is 11.6 Å². The van der Waals surface area contributed by atoms with Crippen LogP contribution >= 0.6 is 11.6 Å². The molecule has 0 radical (unpaired) electrons. The van der Waals surface area contributed by atoms with Crippen LogP contribution in [0.25, 0.3) is 0 Å². The molecule has 1 aliphatic heterocycles. The van der Waals surface area contributed by atoms with E-state index in [9.17, 15) is 13.6 Å². The average Bonchev–Trinajstić information content (AvgIpc) is 2.89. The Balaban J connectivity index is 1.39. The first kappa shape index (κ1) is 25.1. The Bertz CT molecular complexity index is 1150. The van der Waals surface area contributed by atoms with Crippen molar-refractivity contribution in [2.24, 2.45) is 0 Å². The molecule has 0 N–H and O–H groups in total. The molecule has 0 bridgehead atoms. The number of rotatable bonds is 8. The van der Waals surface area contributed by atoms with E-state index in [2.05, 4.69) is 4.90 Å². The maximum Gasteiger partial charge on any atom is 0.254 e. The molecule has 3 aromatic carbocycles. The largest absolute Gasteiger partial charge is 0.497 e. The predicted molar refractivity (Wildman–Crippen MR) is 131 cm³/mol. The molecule has 1 saturated heterocycles. The molecule has 1 aliphatic rings. The molecule has 0 aliphatic carbocycles. The summed E-state index contributed by atoms with van der Waals surface area (Å²) in [5.74, 6) is -1.51. The third kappa shape index (κ3) is 6.57. The highest BCUT2D eigenvalue weighted by Gasteiger charge is 2.25. The van der Waals surface area contributed by atoms with Gasteiger partial charge in [0, 0.05) is 43.3 Å². The van der Waals surface area contributed by atoms with Crippen molar-refractivity contribution < 1.29 is 23.0 Å². The molecule has 1 atom stereocenters. The number of benzene rings is 3. The van der Waals surface area contributed by atoms with Crippen molar-refractivity contribution in [3.63, 3.8) is 0 Å². The molecule has 35 heavy (non-hydrogen) atoms. The van der Waals surface area contributed by atoms with Crippen LogP contribution in [0.1, 0.15) is 27.6 Å². The predicted octanol–water partition coefficient (Wildman–Crippen LogP) is 5.34. The second-order valence-corrected chi connectivity index (χ2v) is 8.86. The summed E-state index contributed by atoms with van der Waals surface area (Å²) < 4.78 is 38.4. The number of piperazine rings is 1. The Morgan fingerprint density at radius 1 is 0.971 bits per heavy atom. The number of ether oxygens (including phenoxy) is 2. The Labute approximate surface area is 208 Å². The van der Waals surface area contributed by atoms with E-state index < -0.39 is 11.6 Å². The smallest absolute Gasteiger partial charge is 0.254 e. The summed E-state index contributed by atoms with van der Waals surface area (Å²) in [6, 6.07) is 18.6. The number of methoxy groups -OCH3 is 1. The van der Waals surface area contributed by atoms with Gasteiger partial charge < -0.3 is 14.4 Å². The molecule has 0 saturated carbocycles. The van der Waals surface area contributed by atoms with Crippen molar-refractivity contribution in [1.29, 1.82) is 0 Å². The summed E-state index contributed by atoms with van der Waals surface area (Å²) in [6.45, 7) is 3.31. The van der Waals surface area contributed by atoms with Gasteiger partial charge in [-0.3, -0.25) is 9.69 Å². The van der Waals surface area contributed by atoms with E-state index in [1.807, 2.05) is 48.5 Å². The molecule has 5 nitrogen and oxygen atoms in total. The normalized spacial score (nSPS) is 15.1. The number of hydrogen-bond acceptors (Lipinski definition) is 4. The lowest BCUT2D eigenvalue weighted by Gasteiger charge is -2.36. The van der Waals surface area contributed by atoms with Gasteiger partial charge in [-0.1, -0.05) is 35.9 Å². The van der Waals surface area contributed by atoms with Gasteiger partial charge in [0.25, 0.3) is 5.91 Å². The zero-order valence-electron chi connectivity index (χ0n) is 19.4. The topological polar surface area (TPSA) is 42.0 Å². The van der Waals surface area contributed by atoms with E-state index in [0.717, 1.165) is 29.0 Å². The van der Waals surface area contributed by atoms with Gasteiger partial charge in [0.1, 0.15) is 5.75 Å². The van der Waals surface area contributed by atoms with E-state index in [4.69, 9.17) is 21.1 Å². The molecular formula is C27H27ClF2N2O3. The number of carbonyl (C=O) groups is 1. The van der Waals surface area contributed by atoms with E-state index in [1.165, 1.54) is 6.07 Å². The molecule has 1 amide bonds. The molecule has 184 valence electrons. The van der Waals surface area contributed by atoms with Crippen molar-refractivity contribution in [3.05, 3.63) is 100 Å². The van der Waals surface area contributed by atoms with Crippen LogP contribution in [0.2, 0.25) is 5.02 Å². The summed E-state index contributed by atoms with van der Waals surface area (Å²) in [4.78, 5) is 16.6. The minimum absolute atomic E-state index is 0.151.